The van der Waals surface area contributed by atoms with Crippen molar-refractivity contribution in [2.45, 2.75) is 33.1 Å². The molecule has 0 unspecified atom stereocenters. The van der Waals surface area contributed by atoms with Crippen LogP contribution in [0.15, 0.2) is 28.7 Å². The van der Waals surface area contributed by atoms with E-state index >= 15 is 0 Å². The first kappa shape index (κ1) is 9.32. The fraction of sp³-hybridized carbons (Fsp3) is 0.385. The first-order valence-electron chi connectivity index (χ1n) is 5.23. The monoisotopic (exact) mass is 188 g/mol. The van der Waals surface area contributed by atoms with Crippen LogP contribution in [-0.4, -0.2) is 0 Å². The molecule has 0 aliphatic rings. The number of hydrogen-bond donors (Lipinski definition) is 0. The Kier molecular flexibility index (Phi) is 2.32. The van der Waals surface area contributed by atoms with Crippen LogP contribution in [0.4, 0.5) is 0 Å². The smallest absolute Gasteiger partial charge is 0.134 e. The molecule has 1 heterocycles. The van der Waals surface area contributed by atoms with E-state index in [1.165, 1.54) is 10.9 Å². The maximum absolute atomic E-state index is 5.65. The summed E-state index contributed by atoms with van der Waals surface area (Å²) in [4.78, 5) is 0. The highest BCUT2D eigenvalue weighted by Gasteiger charge is 2.04. The Labute approximate surface area is 84.7 Å². The van der Waals surface area contributed by atoms with Gasteiger partial charge in [0.15, 0.2) is 0 Å². The molecule has 1 heteroatoms. The number of rotatable bonds is 2. The largest absolute Gasteiger partial charge is 0.461 e. The Balaban J connectivity index is 2.54. The Morgan fingerprint density at radius 3 is 2.64 bits per heavy atom. The predicted octanol–water partition coefficient (Wildman–Crippen LogP) is 4.12. The van der Waals surface area contributed by atoms with Gasteiger partial charge in [0.05, 0.1) is 0 Å². The summed E-state index contributed by atoms with van der Waals surface area (Å²) in [6.45, 7) is 6.53. The van der Waals surface area contributed by atoms with E-state index in [-0.39, 0.29) is 0 Å². The van der Waals surface area contributed by atoms with Crippen LogP contribution in [0.2, 0.25) is 0 Å². The van der Waals surface area contributed by atoms with Gasteiger partial charge in [-0.2, -0.15) is 0 Å². The summed E-state index contributed by atoms with van der Waals surface area (Å²) < 4.78 is 5.65. The quantitative estimate of drug-likeness (QED) is 0.691. The summed E-state index contributed by atoms with van der Waals surface area (Å²) >= 11 is 0. The minimum Gasteiger partial charge on any atom is -0.461 e. The van der Waals surface area contributed by atoms with Gasteiger partial charge < -0.3 is 4.42 Å². The number of hydrogen-bond acceptors (Lipinski definition) is 1. The SMILES string of the molecule is CCc1cc2cc(C(C)C)ccc2o1. The zero-order valence-corrected chi connectivity index (χ0v) is 9.00. The maximum Gasteiger partial charge on any atom is 0.134 e. The van der Waals surface area contributed by atoms with Crippen LogP contribution in [-0.2, 0) is 6.42 Å². The molecule has 1 aromatic carbocycles. The van der Waals surface area contributed by atoms with Crippen molar-refractivity contribution in [2.24, 2.45) is 0 Å². The molecule has 0 fully saturated rings. The van der Waals surface area contributed by atoms with Gasteiger partial charge in [-0.05, 0) is 29.7 Å². The van der Waals surface area contributed by atoms with E-state index in [4.69, 9.17) is 4.42 Å². The fourth-order valence-corrected chi connectivity index (χ4v) is 1.65. The molecule has 0 N–H and O–H groups in total. The Morgan fingerprint density at radius 2 is 2.00 bits per heavy atom. The normalized spacial score (nSPS) is 11.4. The molecule has 0 radical (unpaired) electrons. The third-order valence-corrected chi connectivity index (χ3v) is 2.61. The second-order valence-electron chi connectivity index (χ2n) is 4.02. The molecule has 1 aromatic heterocycles. The third kappa shape index (κ3) is 1.54. The Morgan fingerprint density at radius 1 is 1.21 bits per heavy atom. The first-order chi connectivity index (χ1) is 6.70. The molecule has 0 bridgehead atoms. The minimum absolute atomic E-state index is 0.583. The third-order valence-electron chi connectivity index (χ3n) is 2.61. The van der Waals surface area contributed by atoms with Gasteiger partial charge >= 0.3 is 0 Å². The molecule has 0 amide bonds. The molecule has 74 valence electrons. The lowest BCUT2D eigenvalue weighted by molar-refractivity contribution is 0.557. The second-order valence-corrected chi connectivity index (χ2v) is 4.02. The molecule has 14 heavy (non-hydrogen) atoms. The number of benzene rings is 1. The van der Waals surface area contributed by atoms with Gasteiger partial charge in [-0.3, -0.25) is 0 Å². The van der Waals surface area contributed by atoms with E-state index in [2.05, 4.69) is 45.0 Å². The van der Waals surface area contributed by atoms with Crippen LogP contribution in [0.3, 0.4) is 0 Å². The zero-order chi connectivity index (χ0) is 10.1. The van der Waals surface area contributed by atoms with E-state index in [0.717, 1.165) is 17.8 Å². The van der Waals surface area contributed by atoms with Crippen LogP contribution in [0.25, 0.3) is 11.0 Å². The van der Waals surface area contributed by atoms with Crippen molar-refractivity contribution in [3.05, 3.63) is 35.6 Å². The van der Waals surface area contributed by atoms with Crippen LogP contribution in [0.5, 0.6) is 0 Å². The summed E-state index contributed by atoms with van der Waals surface area (Å²) in [6.07, 6.45) is 0.964. The van der Waals surface area contributed by atoms with Crippen LogP contribution < -0.4 is 0 Å². The van der Waals surface area contributed by atoms with Crippen molar-refractivity contribution in [3.63, 3.8) is 0 Å². The molecule has 1 nitrogen and oxygen atoms in total. The molecule has 2 rings (SSSR count). The molecule has 0 saturated carbocycles. The van der Waals surface area contributed by atoms with Gasteiger partial charge in [0.2, 0.25) is 0 Å². The average molecular weight is 188 g/mol. The molecule has 0 saturated heterocycles. The van der Waals surface area contributed by atoms with Crippen molar-refractivity contribution in [3.8, 4) is 0 Å². The van der Waals surface area contributed by atoms with E-state index in [0.29, 0.717) is 5.92 Å². The predicted molar refractivity (Wildman–Crippen MR) is 59.7 cm³/mol. The lowest BCUT2D eigenvalue weighted by Gasteiger charge is -2.03. The van der Waals surface area contributed by atoms with Crippen molar-refractivity contribution in [2.75, 3.05) is 0 Å². The molecule has 0 atom stereocenters. The van der Waals surface area contributed by atoms with E-state index in [1.54, 1.807) is 0 Å². The highest BCUT2D eigenvalue weighted by atomic mass is 16.3. The second kappa shape index (κ2) is 3.49. The topological polar surface area (TPSA) is 13.1 Å². The van der Waals surface area contributed by atoms with E-state index in [9.17, 15) is 0 Å². The summed E-state index contributed by atoms with van der Waals surface area (Å²) in [6, 6.07) is 8.59. The Bertz CT molecular complexity index is 437. The summed E-state index contributed by atoms with van der Waals surface area (Å²) in [7, 11) is 0. The van der Waals surface area contributed by atoms with Crippen molar-refractivity contribution in [1.29, 1.82) is 0 Å². The molecule has 0 aliphatic carbocycles. The van der Waals surface area contributed by atoms with Gasteiger partial charge in [0.25, 0.3) is 0 Å². The number of fused-ring (bicyclic) bond motifs is 1. The van der Waals surface area contributed by atoms with E-state index < -0.39 is 0 Å². The number of furan rings is 1. The lowest BCUT2D eigenvalue weighted by atomic mass is 10.0. The molecular formula is C13H16O. The van der Waals surface area contributed by atoms with Gasteiger partial charge in [-0.25, -0.2) is 0 Å². The van der Waals surface area contributed by atoms with Crippen LogP contribution in [0, 0.1) is 0 Å². The van der Waals surface area contributed by atoms with Gasteiger partial charge in [-0.15, -0.1) is 0 Å². The lowest BCUT2D eigenvalue weighted by Crippen LogP contribution is -1.84. The van der Waals surface area contributed by atoms with Crippen molar-refractivity contribution in [1.82, 2.24) is 0 Å². The maximum atomic E-state index is 5.65. The molecular weight excluding hydrogens is 172 g/mol. The standard InChI is InChI=1S/C13H16O/c1-4-12-8-11-7-10(9(2)3)5-6-13(11)14-12/h5-9H,4H2,1-3H3. The van der Waals surface area contributed by atoms with Gasteiger partial charge in [0.1, 0.15) is 11.3 Å². The summed E-state index contributed by atoms with van der Waals surface area (Å²) in [5, 5.41) is 1.23. The zero-order valence-electron chi connectivity index (χ0n) is 9.00. The summed E-state index contributed by atoms with van der Waals surface area (Å²) in [5.41, 5.74) is 2.38. The highest BCUT2D eigenvalue weighted by molar-refractivity contribution is 5.78. The van der Waals surface area contributed by atoms with Crippen LogP contribution >= 0.6 is 0 Å². The fourth-order valence-electron chi connectivity index (χ4n) is 1.65. The molecule has 2 aromatic rings. The van der Waals surface area contributed by atoms with Crippen LogP contribution in [0.1, 0.15) is 38.0 Å². The van der Waals surface area contributed by atoms with Gasteiger partial charge in [0, 0.05) is 11.8 Å². The minimum atomic E-state index is 0.583. The molecule has 0 spiro atoms. The summed E-state index contributed by atoms with van der Waals surface area (Å²) in [5.74, 6) is 1.65. The highest BCUT2D eigenvalue weighted by Crippen LogP contribution is 2.24. The van der Waals surface area contributed by atoms with Gasteiger partial charge in [-0.1, -0.05) is 26.8 Å². The van der Waals surface area contributed by atoms with E-state index in [1.807, 2.05) is 0 Å². The number of aryl methyl sites for hydroxylation is 1. The average Bonchev–Trinajstić information content (AvgIpc) is 2.58. The molecule has 0 aliphatic heterocycles. The van der Waals surface area contributed by atoms with Crippen molar-refractivity contribution >= 4 is 11.0 Å². The first-order valence-corrected chi connectivity index (χ1v) is 5.23. The van der Waals surface area contributed by atoms with Crippen molar-refractivity contribution < 1.29 is 4.42 Å². The Hall–Kier alpha value is -1.24.